The van der Waals surface area contributed by atoms with Crippen molar-refractivity contribution in [2.24, 2.45) is 11.8 Å². The van der Waals surface area contributed by atoms with Crippen LogP contribution in [0.15, 0.2) is 0 Å². The molecule has 1 aliphatic heterocycles. The number of hydrogen-bond acceptors (Lipinski definition) is 6. The lowest BCUT2D eigenvalue weighted by molar-refractivity contribution is 0.0274. The van der Waals surface area contributed by atoms with E-state index in [0.29, 0.717) is 30.6 Å². The SMILES string of the molecule is CC(C)C(C(C)C)P(OCCC#N)OC1C(O)CSSC1(C)C. The van der Waals surface area contributed by atoms with Gasteiger partial charge in [-0.1, -0.05) is 49.3 Å². The molecular weight excluding hydrogens is 349 g/mol. The van der Waals surface area contributed by atoms with E-state index in [4.69, 9.17) is 14.3 Å². The summed E-state index contributed by atoms with van der Waals surface area (Å²) in [7, 11) is 2.30. The second-order valence-corrected chi connectivity index (χ2v) is 11.7. The minimum atomic E-state index is -1.16. The van der Waals surface area contributed by atoms with Gasteiger partial charge in [0.05, 0.1) is 25.2 Å². The molecule has 0 aromatic rings. The molecule has 1 fully saturated rings. The van der Waals surface area contributed by atoms with Crippen molar-refractivity contribution in [1.82, 2.24) is 0 Å². The van der Waals surface area contributed by atoms with Crippen LogP contribution in [-0.4, -0.2) is 40.1 Å². The predicted octanol–water partition coefficient (Wildman–Crippen LogP) is 4.83. The molecule has 23 heavy (non-hydrogen) atoms. The molecule has 3 atom stereocenters. The van der Waals surface area contributed by atoms with Crippen LogP contribution < -0.4 is 0 Å². The topological polar surface area (TPSA) is 62.5 Å². The lowest BCUT2D eigenvalue weighted by atomic mass is 10.00. The van der Waals surface area contributed by atoms with Gasteiger partial charge in [-0.3, -0.25) is 0 Å². The number of hydrogen-bond donors (Lipinski definition) is 1. The Morgan fingerprint density at radius 2 is 1.91 bits per heavy atom. The first kappa shape index (κ1) is 21.5. The summed E-state index contributed by atoms with van der Waals surface area (Å²) in [6.07, 6.45) is -0.366. The van der Waals surface area contributed by atoms with Gasteiger partial charge in [0.15, 0.2) is 8.38 Å². The third-order valence-electron chi connectivity index (χ3n) is 3.81. The summed E-state index contributed by atoms with van der Waals surface area (Å²) in [4.78, 5) is 0. The van der Waals surface area contributed by atoms with E-state index in [1.54, 1.807) is 21.6 Å². The van der Waals surface area contributed by atoms with Crippen molar-refractivity contribution >= 4 is 30.0 Å². The second-order valence-electron chi connectivity index (χ2n) is 7.07. The minimum Gasteiger partial charge on any atom is -0.389 e. The fraction of sp³-hybridized carbons (Fsp3) is 0.938. The van der Waals surface area contributed by atoms with E-state index in [0.717, 1.165) is 0 Å². The first-order valence-electron chi connectivity index (χ1n) is 8.15. The summed E-state index contributed by atoms with van der Waals surface area (Å²) in [5, 5.41) is 19.2. The Labute approximate surface area is 150 Å². The van der Waals surface area contributed by atoms with Crippen molar-refractivity contribution in [3.63, 3.8) is 0 Å². The normalized spacial score (nSPS) is 25.8. The molecule has 0 bridgehead atoms. The van der Waals surface area contributed by atoms with Gasteiger partial charge in [0.2, 0.25) is 0 Å². The van der Waals surface area contributed by atoms with E-state index in [1.165, 1.54) is 0 Å². The molecule has 0 saturated carbocycles. The number of aliphatic hydroxyl groups excluding tert-OH is 1. The molecule has 3 unspecified atom stereocenters. The van der Waals surface area contributed by atoms with Crippen LogP contribution in [-0.2, 0) is 9.05 Å². The third-order valence-corrected chi connectivity index (χ3v) is 9.67. The summed E-state index contributed by atoms with van der Waals surface area (Å²) < 4.78 is 12.2. The van der Waals surface area contributed by atoms with Crippen LogP contribution in [0.1, 0.15) is 48.0 Å². The fourth-order valence-corrected chi connectivity index (χ4v) is 7.91. The van der Waals surface area contributed by atoms with Gasteiger partial charge in [0.25, 0.3) is 0 Å². The molecule has 1 N–H and O–H groups in total. The zero-order valence-electron chi connectivity index (χ0n) is 15.0. The Morgan fingerprint density at radius 3 is 2.39 bits per heavy atom. The average Bonchev–Trinajstić information content (AvgIpc) is 2.41. The molecule has 1 rings (SSSR count). The van der Waals surface area contributed by atoms with E-state index < -0.39 is 14.5 Å². The second kappa shape index (κ2) is 9.85. The van der Waals surface area contributed by atoms with Crippen molar-refractivity contribution in [3.05, 3.63) is 0 Å². The van der Waals surface area contributed by atoms with Crippen LogP contribution in [0.25, 0.3) is 0 Å². The lowest BCUT2D eigenvalue weighted by Crippen LogP contribution is -2.47. The quantitative estimate of drug-likeness (QED) is 0.370. The largest absolute Gasteiger partial charge is 0.389 e. The van der Waals surface area contributed by atoms with Crippen LogP contribution in [0.4, 0.5) is 0 Å². The zero-order valence-corrected chi connectivity index (χ0v) is 17.5. The van der Waals surface area contributed by atoms with Gasteiger partial charge < -0.3 is 14.2 Å². The summed E-state index contributed by atoms with van der Waals surface area (Å²) in [5.74, 6) is 1.52. The maximum atomic E-state index is 10.4. The van der Waals surface area contributed by atoms with Crippen molar-refractivity contribution in [3.8, 4) is 6.07 Å². The molecule has 0 aromatic heterocycles. The molecule has 0 radical (unpaired) electrons. The molecular formula is C16H30NO3PS2. The summed E-state index contributed by atoms with van der Waals surface area (Å²) >= 11 is 0. The van der Waals surface area contributed by atoms with E-state index in [2.05, 4.69) is 47.6 Å². The van der Waals surface area contributed by atoms with Crippen molar-refractivity contribution < 1.29 is 14.2 Å². The molecule has 0 spiro atoms. The van der Waals surface area contributed by atoms with Gasteiger partial charge in [-0.05, 0) is 25.7 Å². The highest BCUT2D eigenvalue weighted by Crippen LogP contribution is 2.55. The maximum absolute atomic E-state index is 10.4. The highest BCUT2D eigenvalue weighted by atomic mass is 33.1. The molecule has 7 heteroatoms. The molecule has 0 aromatic carbocycles. The van der Waals surface area contributed by atoms with Gasteiger partial charge in [-0.25, -0.2) is 0 Å². The average molecular weight is 380 g/mol. The summed E-state index contributed by atoms with van der Waals surface area (Å²) in [6.45, 7) is 13.4. The molecule has 4 nitrogen and oxygen atoms in total. The highest BCUT2D eigenvalue weighted by Gasteiger charge is 2.44. The number of aliphatic hydroxyl groups is 1. The third kappa shape index (κ3) is 6.38. The van der Waals surface area contributed by atoms with E-state index in [-0.39, 0.29) is 16.5 Å². The fourth-order valence-electron chi connectivity index (χ4n) is 2.79. The molecule has 0 aliphatic carbocycles. The predicted molar refractivity (Wildman–Crippen MR) is 102 cm³/mol. The first-order chi connectivity index (χ1) is 10.7. The molecule has 1 aliphatic rings. The zero-order chi connectivity index (χ0) is 17.6. The van der Waals surface area contributed by atoms with Crippen LogP contribution in [0, 0.1) is 23.2 Å². The van der Waals surface area contributed by atoms with Crippen molar-refractivity contribution in [1.29, 1.82) is 5.26 Å². The maximum Gasteiger partial charge on any atom is 0.174 e. The smallest absolute Gasteiger partial charge is 0.174 e. The molecule has 0 amide bonds. The molecule has 134 valence electrons. The monoisotopic (exact) mass is 379 g/mol. The minimum absolute atomic E-state index is 0.167. The Balaban J connectivity index is 2.92. The highest BCUT2D eigenvalue weighted by molar-refractivity contribution is 8.77. The van der Waals surface area contributed by atoms with Crippen molar-refractivity contribution in [2.45, 2.75) is 70.6 Å². The van der Waals surface area contributed by atoms with E-state index in [9.17, 15) is 5.11 Å². The van der Waals surface area contributed by atoms with Crippen LogP contribution in [0.5, 0.6) is 0 Å². The van der Waals surface area contributed by atoms with Crippen LogP contribution in [0.2, 0.25) is 0 Å². The van der Waals surface area contributed by atoms with Gasteiger partial charge >= 0.3 is 0 Å². The van der Waals surface area contributed by atoms with E-state index in [1.807, 2.05) is 0 Å². The van der Waals surface area contributed by atoms with Crippen molar-refractivity contribution in [2.75, 3.05) is 12.4 Å². The van der Waals surface area contributed by atoms with Crippen LogP contribution in [0.3, 0.4) is 0 Å². The summed E-state index contributed by atoms with van der Waals surface area (Å²) in [5.41, 5.74) is 0.284. The lowest BCUT2D eigenvalue weighted by Gasteiger charge is -2.43. The molecule has 1 saturated heterocycles. The van der Waals surface area contributed by atoms with Gasteiger partial charge in [0.1, 0.15) is 6.10 Å². The number of rotatable bonds is 8. The summed E-state index contributed by atoms with van der Waals surface area (Å²) in [6, 6.07) is 2.12. The standard InChI is InChI=1S/C16H30NO3PS2/c1-11(2)14(12(3)4)21(19-9-7-8-17)20-15-13(18)10-22-23-16(15,5)6/h11-15,18H,7,9-10H2,1-6H3. The number of nitriles is 1. The van der Waals surface area contributed by atoms with Crippen LogP contribution >= 0.6 is 30.0 Å². The molecule has 1 heterocycles. The van der Waals surface area contributed by atoms with E-state index >= 15 is 0 Å². The Morgan fingerprint density at radius 1 is 1.30 bits per heavy atom. The first-order valence-corrected chi connectivity index (χ1v) is 11.7. The van der Waals surface area contributed by atoms with Gasteiger partial charge in [-0.2, -0.15) is 5.26 Å². The van der Waals surface area contributed by atoms with Gasteiger partial charge in [-0.15, -0.1) is 0 Å². The van der Waals surface area contributed by atoms with Gasteiger partial charge in [0, 0.05) is 16.2 Å². The Kier molecular flexibility index (Phi) is 9.22. The Hall–Kier alpha value is 0.500. The Bertz CT molecular complexity index is 393. The number of nitrogens with zero attached hydrogens (tertiary/aromatic N) is 1.